The first kappa shape index (κ1) is 29.9. The van der Waals surface area contributed by atoms with Gasteiger partial charge in [-0.15, -0.1) is 0 Å². The largest absolute Gasteiger partial charge is 0.458 e. The number of hydrogen-bond donors (Lipinski definition) is 0. The predicted molar refractivity (Wildman–Crippen MR) is 181 cm³/mol. The topological polar surface area (TPSA) is 71.8 Å². The highest BCUT2D eigenvalue weighted by Gasteiger charge is 2.37. The van der Waals surface area contributed by atoms with Crippen LogP contribution in [0.25, 0.3) is 10.8 Å². The lowest BCUT2D eigenvalue weighted by atomic mass is 9.97. The van der Waals surface area contributed by atoms with Crippen molar-refractivity contribution < 1.29 is 4.74 Å². The predicted octanol–water partition coefficient (Wildman–Crippen LogP) is 6.16. The van der Waals surface area contributed by atoms with E-state index in [1.165, 1.54) is 60.8 Å². The van der Waals surface area contributed by atoms with E-state index < -0.39 is 0 Å². The molecule has 8 heteroatoms. The van der Waals surface area contributed by atoms with Crippen LogP contribution in [0.15, 0.2) is 54.7 Å². The summed E-state index contributed by atoms with van der Waals surface area (Å²) in [5.74, 6) is 1.83. The second-order valence-electron chi connectivity index (χ2n) is 13.5. The van der Waals surface area contributed by atoms with E-state index in [2.05, 4.69) is 87.3 Å². The van der Waals surface area contributed by atoms with Gasteiger partial charge in [-0.05, 0) is 82.1 Å². The van der Waals surface area contributed by atoms with Crippen molar-refractivity contribution in [3.8, 4) is 12.1 Å². The van der Waals surface area contributed by atoms with Crippen LogP contribution in [-0.2, 0) is 13.0 Å². The maximum absolute atomic E-state index is 9.64. The lowest BCUT2D eigenvalue weighted by Crippen LogP contribution is -2.51. The van der Waals surface area contributed by atoms with Crippen molar-refractivity contribution in [2.75, 3.05) is 49.1 Å². The lowest BCUT2D eigenvalue weighted by molar-refractivity contribution is 0.0583. The number of nitriles is 1. The number of likely N-dealkylation sites (tertiary alicyclic amines) is 1. The SMILES string of the molecule is CC=CN1CCN(c2nc(OC3CCCC3N3CCC(C)CC3)nc3c2CCN(c2cccc4ccccc24)C3)CC1CC#N. The number of anilines is 2. The van der Waals surface area contributed by atoms with Gasteiger partial charge in [-0.3, -0.25) is 4.90 Å². The monoisotopic (exact) mass is 605 g/mol. The summed E-state index contributed by atoms with van der Waals surface area (Å²) >= 11 is 0. The van der Waals surface area contributed by atoms with E-state index in [1.54, 1.807) is 0 Å². The van der Waals surface area contributed by atoms with E-state index in [-0.39, 0.29) is 12.1 Å². The Hall–Kier alpha value is -3.83. The average Bonchev–Trinajstić information content (AvgIpc) is 3.53. The zero-order chi connectivity index (χ0) is 30.8. The number of hydrogen-bond acceptors (Lipinski definition) is 8. The number of allylic oxidation sites excluding steroid dienone is 1. The fourth-order valence-corrected chi connectivity index (χ4v) is 8.09. The number of piperazine rings is 1. The molecular weight excluding hydrogens is 558 g/mol. The minimum Gasteiger partial charge on any atom is -0.458 e. The first-order valence-electron chi connectivity index (χ1n) is 17.1. The molecule has 0 spiro atoms. The number of rotatable bonds is 7. The number of fused-ring (bicyclic) bond motifs is 2. The van der Waals surface area contributed by atoms with Gasteiger partial charge in [0.15, 0.2) is 0 Å². The van der Waals surface area contributed by atoms with Gasteiger partial charge in [-0.2, -0.15) is 15.2 Å². The standard InChI is InChI=1S/C37H47N7O/c1-3-19-41-23-24-44(25-29(41)14-18-38)36-31-17-22-43(33-11-6-9-28-8-4-5-10-30(28)33)26-32(31)39-37(40-36)45-35-13-7-12-34(35)42-20-15-27(2)16-21-42/h3-6,8-11,19,27,29,34-35H,7,12-17,20-26H2,1-2H3. The Morgan fingerprint density at radius 3 is 2.64 bits per heavy atom. The molecule has 0 amide bonds. The van der Waals surface area contributed by atoms with E-state index in [1.807, 2.05) is 6.92 Å². The number of piperidine rings is 1. The molecule has 3 aromatic rings. The van der Waals surface area contributed by atoms with Crippen LogP contribution >= 0.6 is 0 Å². The molecule has 1 aliphatic carbocycles. The van der Waals surface area contributed by atoms with Crippen molar-refractivity contribution in [1.29, 1.82) is 5.26 Å². The molecule has 1 saturated carbocycles. The zero-order valence-corrected chi connectivity index (χ0v) is 26.9. The molecular formula is C37H47N7O. The molecule has 0 bridgehead atoms. The van der Waals surface area contributed by atoms with Crippen LogP contribution in [0.1, 0.15) is 63.6 Å². The molecule has 8 nitrogen and oxygen atoms in total. The highest BCUT2D eigenvalue weighted by molar-refractivity contribution is 5.94. The van der Waals surface area contributed by atoms with Crippen LogP contribution in [0.2, 0.25) is 0 Å². The maximum atomic E-state index is 9.64. The second-order valence-corrected chi connectivity index (χ2v) is 13.5. The van der Waals surface area contributed by atoms with Crippen LogP contribution in [-0.4, -0.2) is 77.2 Å². The molecule has 236 valence electrons. The van der Waals surface area contributed by atoms with Gasteiger partial charge in [0.25, 0.3) is 0 Å². The molecule has 2 saturated heterocycles. The van der Waals surface area contributed by atoms with Gasteiger partial charge in [0, 0.05) is 48.9 Å². The summed E-state index contributed by atoms with van der Waals surface area (Å²) in [6.45, 7) is 10.9. The molecule has 0 N–H and O–H groups in total. The Morgan fingerprint density at radius 2 is 1.80 bits per heavy atom. The number of benzene rings is 2. The Labute approximate surface area is 268 Å². The summed E-state index contributed by atoms with van der Waals surface area (Å²) in [6.07, 6.45) is 11.7. The number of nitrogens with zero attached hydrogens (tertiary/aromatic N) is 7. The van der Waals surface area contributed by atoms with Crippen molar-refractivity contribution in [3.05, 3.63) is 66.0 Å². The van der Waals surface area contributed by atoms with Crippen LogP contribution in [0.4, 0.5) is 11.5 Å². The Balaban J connectivity index is 1.21. The van der Waals surface area contributed by atoms with Gasteiger partial charge in [0.05, 0.1) is 30.8 Å². The van der Waals surface area contributed by atoms with Crippen molar-refractivity contribution in [1.82, 2.24) is 19.8 Å². The lowest BCUT2D eigenvalue weighted by Gasteiger charge is -2.42. The first-order chi connectivity index (χ1) is 22.1. The number of ether oxygens (including phenoxy) is 1. The summed E-state index contributed by atoms with van der Waals surface area (Å²) in [5.41, 5.74) is 3.57. The van der Waals surface area contributed by atoms with Gasteiger partial charge >= 0.3 is 6.01 Å². The molecule has 0 radical (unpaired) electrons. The van der Waals surface area contributed by atoms with Gasteiger partial charge in [0.2, 0.25) is 0 Å². The molecule has 1 aromatic heterocycles. The molecule has 4 aliphatic rings. The van der Waals surface area contributed by atoms with Crippen molar-refractivity contribution in [2.45, 2.75) is 83.5 Å². The highest BCUT2D eigenvalue weighted by Crippen LogP contribution is 2.36. The molecule has 4 heterocycles. The summed E-state index contributed by atoms with van der Waals surface area (Å²) in [7, 11) is 0. The summed E-state index contributed by atoms with van der Waals surface area (Å²) in [5, 5.41) is 12.2. The van der Waals surface area contributed by atoms with Crippen molar-refractivity contribution in [2.24, 2.45) is 5.92 Å². The molecule has 3 aliphatic heterocycles. The van der Waals surface area contributed by atoms with Gasteiger partial charge in [-0.1, -0.05) is 49.4 Å². The van der Waals surface area contributed by atoms with Gasteiger partial charge in [0.1, 0.15) is 11.9 Å². The average molecular weight is 606 g/mol. The second kappa shape index (κ2) is 13.3. The van der Waals surface area contributed by atoms with Crippen LogP contribution in [0.5, 0.6) is 6.01 Å². The molecule has 7 rings (SSSR count). The summed E-state index contributed by atoms with van der Waals surface area (Å²) in [6, 6.07) is 18.8. The maximum Gasteiger partial charge on any atom is 0.319 e. The minimum atomic E-state index is 0.125. The van der Waals surface area contributed by atoms with E-state index in [4.69, 9.17) is 14.7 Å². The minimum absolute atomic E-state index is 0.125. The van der Waals surface area contributed by atoms with E-state index in [0.717, 1.165) is 63.0 Å². The smallest absolute Gasteiger partial charge is 0.319 e. The fraction of sp³-hybridized carbons (Fsp3) is 0.541. The van der Waals surface area contributed by atoms with Crippen LogP contribution in [0.3, 0.4) is 0 Å². The molecule has 3 fully saturated rings. The summed E-state index contributed by atoms with van der Waals surface area (Å²) in [4.78, 5) is 20.3. The third-order valence-corrected chi connectivity index (χ3v) is 10.6. The van der Waals surface area contributed by atoms with Crippen LogP contribution in [0, 0.1) is 17.2 Å². The van der Waals surface area contributed by atoms with Gasteiger partial charge < -0.3 is 19.4 Å². The van der Waals surface area contributed by atoms with E-state index in [9.17, 15) is 5.26 Å². The molecule has 45 heavy (non-hydrogen) atoms. The molecule has 3 unspecified atom stereocenters. The molecule has 2 aromatic carbocycles. The highest BCUT2D eigenvalue weighted by atomic mass is 16.5. The Morgan fingerprint density at radius 1 is 0.956 bits per heavy atom. The van der Waals surface area contributed by atoms with Crippen LogP contribution < -0.4 is 14.5 Å². The normalized spacial score (nSPS) is 24.7. The molecule has 3 atom stereocenters. The Bertz CT molecular complexity index is 1550. The van der Waals surface area contributed by atoms with E-state index in [0.29, 0.717) is 18.5 Å². The fourth-order valence-electron chi connectivity index (χ4n) is 8.09. The van der Waals surface area contributed by atoms with Crippen molar-refractivity contribution in [3.63, 3.8) is 0 Å². The first-order valence-corrected chi connectivity index (χ1v) is 17.1. The van der Waals surface area contributed by atoms with Crippen molar-refractivity contribution >= 4 is 22.3 Å². The summed E-state index contributed by atoms with van der Waals surface area (Å²) < 4.78 is 6.83. The quantitative estimate of drug-likeness (QED) is 0.317. The third kappa shape index (κ3) is 6.20. The zero-order valence-electron chi connectivity index (χ0n) is 26.9. The van der Waals surface area contributed by atoms with Gasteiger partial charge in [-0.25, -0.2) is 0 Å². The third-order valence-electron chi connectivity index (χ3n) is 10.6. The Kier molecular flexibility index (Phi) is 8.80. The van der Waals surface area contributed by atoms with E-state index >= 15 is 0 Å². The number of aromatic nitrogens is 2.